The Morgan fingerprint density at radius 2 is 2.05 bits per heavy atom. The lowest BCUT2D eigenvalue weighted by atomic mass is 9.88. The van der Waals surface area contributed by atoms with Crippen LogP contribution in [0.4, 0.5) is 0 Å². The molecule has 3 nitrogen and oxygen atoms in total. The quantitative estimate of drug-likeness (QED) is 0.836. The van der Waals surface area contributed by atoms with Gasteiger partial charge in [-0.05, 0) is 31.2 Å². The van der Waals surface area contributed by atoms with E-state index in [1.165, 1.54) is 22.4 Å². The van der Waals surface area contributed by atoms with Crippen LogP contribution in [-0.2, 0) is 6.54 Å². The van der Waals surface area contributed by atoms with Gasteiger partial charge in [0.2, 0.25) is 0 Å². The first-order chi connectivity index (χ1) is 9.17. The Morgan fingerprint density at radius 1 is 1.32 bits per heavy atom. The molecule has 0 saturated heterocycles. The minimum atomic E-state index is 0.347. The molecule has 1 N–H and O–H groups in total. The fourth-order valence-electron chi connectivity index (χ4n) is 2.87. The number of aromatic amines is 1. The molecular formula is C16H18N2O. The Labute approximate surface area is 113 Å². The van der Waals surface area contributed by atoms with Crippen LogP contribution in [0.5, 0.6) is 0 Å². The molecule has 0 fully saturated rings. The number of hydrogen-bond donors (Lipinski definition) is 1. The summed E-state index contributed by atoms with van der Waals surface area (Å²) in [6.45, 7) is 3.97. The standard InChI is InChI=1S/C16H18N2O/c1-11-3-5-12(6-4-11)15-8-18(2)9-16-14(15)7-13(10-19)17-16/h3-7,10,15,17H,8-9H2,1-2H3. The Bertz CT molecular complexity index is 598. The van der Waals surface area contributed by atoms with Gasteiger partial charge < -0.3 is 4.98 Å². The maximum Gasteiger partial charge on any atom is 0.166 e. The number of H-pyrrole nitrogens is 1. The van der Waals surface area contributed by atoms with Gasteiger partial charge in [-0.25, -0.2) is 0 Å². The predicted molar refractivity (Wildman–Crippen MR) is 75.5 cm³/mol. The molecule has 0 saturated carbocycles. The van der Waals surface area contributed by atoms with E-state index in [1.807, 2.05) is 6.07 Å². The van der Waals surface area contributed by atoms with Crippen molar-refractivity contribution in [3.8, 4) is 0 Å². The molecule has 0 radical (unpaired) electrons. The van der Waals surface area contributed by atoms with E-state index in [0.717, 1.165) is 19.4 Å². The predicted octanol–water partition coefficient (Wildman–Crippen LogP) is 2.71. The lowest BCUT2D eigenvalue weighted by molar-refractivity contribution is 0.111. The van der Waals surface area contributed by atoms with Crippen LogP contribution in [0.1, 0.15) is 38.8 Å². The van der Waals surface area contributed by atoms with Crippen LogP contribution in [0, 0.1) is 6.92 Å². The number of rotatable bonds is 2. The molecule has 0 aliphatic carbocycles. The number of hydrogen-bond acceptors (Lipinski definition) is 2. The zero-order valence-corrected chi connectivity index (χ0v) is 11.3. The number of nitrogens with zero attached hydrogens (tertiary/aromatic N) is 1. The van der Waals surface area contributed by atoms with E-state index in [0.29, 0.717) is 11.6 Å². The fourth-order valence-corrected chi connectivity index (χ4v) is 2.87. The summed E-state index contributed by atoms with van der Waals surface area (Å²) >= 11 is 0. The van der Waals surface area contributed by atoms with Crippen LogP contribution < -0.4 is 0 Å². The summed E-state index contributed by atoms with van der Waals surface area (Å²) in [5.41, 5.74) is 5.70. The van der Waals surface area contributed by atoms with E-state index in [4.69, 9.17) is 0 Å². The molecule has 1 aliphatic heterocycles. The van der Waals surface area contributed by atoms with E-state index >= 15 is 0 Å². The van der Waals surface area contributed by atoms with Crippen LogP contribution in [0.2, 0.25) is 0 Å². The lowest BCUT2D eigenvalue weighted by Gasteiger charge is -2.30. The highest BCUT2D eigenvalue weighted by molar-refractivity contribution is 5.73. The van der Waals surface area contributed by atoms with Crippen LogP contribution in [0.25, 0.3) is 0 Å². The molecule has 1 aromatic carbocycles. The van der Waals surface area contributed by atoms with Crippen LogP contribution >= 0.6 is 0 Å². The molecule has 3 heteroatoms. The molecule has 1 aromatic heterocycles. The summed E-state index contributed by atoms with van der Waals surface area (Å²) in [5.74, 6) is 0.347. The van der Waals surface area contributed by atoms with Crippen molar-refractivity contribution in [2.45, 2.75) is 19.4 Å². The van der Waals surface area contributed by atoms with Gasteiger partial charge in [-0.3, -0.25) is 9.69 Å². The molecule has 0 amide bonds. The first kappa shape index (κ1) is 12.2. The topological polar surface area (TPSA) is 36.1 Å². The lowest BCUT2D eigenvalue weighted by Crippen LogP contribution is -2.30. The van der Waals surface area contributed by atoms with Gasteiger partial charge in [-0.15, -0.1) is 0 Å². The van der Waals surface area contributed by atoms with E-state index in [2.05, 4.69) is 48.1 Å². The first-order valence-corrected chi connectivity index (χ1v) is 6.59. The Hall–Kier alpha value is -1.87. The Morgan fingerprint density at radius 3 is 2.74 bits per heavy atom. The number of benzene rings is 1. The van der Waals surface area contributed by atoms with Crippen LogP contribution in [0.15, 0.2) is 30.3 Å². The van der Waals surface area contributed by atoms with Gasteiger partial charge in [-0.1, -0.05) is 29.8 Å². The highest BCUT2D eigenvalue weighted by atomic mass is 16.1. The number of aromatic nitrogens is 1. The van der Waals surface area contributed by atoms with Crippen molar-refractivity contribution in [2.75, 3.05) is 13.6 Å². The molecular weight excluding hydrogens is 236 g/mol. The van der Waals surface area contributed by atoms with Crippen LogP contribution in [0.3, 0.4) is 0 Å². The normalized spacial score (nSPS) is 19.2. The zero-order chi connectivity index (χ0) is 13.4. The van der Waals surface area contributed by atoms with Gasteiger partial charge in [0.25, 0.3) is 0 Å². The van der Waals surface area contributed by atoms with Crippen LogP contribution in [-0.4, -0.2) is 29.8 Å². The van der Waals surface area contributed by atoms with Gasteiger partial charge in [0.15, 0.2) is 6.29 Å². The Balaban J connectivity index is 2.04. The van der Waals surface area contributed by atoms with E-state index in [9.17, 15) is 4.79 Å². The number of carbonyl (C=O) groups is 1. The maximum atomic E-state index is 10.9. The third-order valence-corrected chi connectivity index (χ3v) is 3.86. The van der Waals surface area contributed by atoms with Crippen molar-refractivity contribution in [3.05, 3.63) is 58.4 Å². The number of aldehydes is 1. The third-order valence-electron chi connectivity index (χ3n) is 3.86. The summed E-state index contributed by atoms with van der Waals surface area (Å²) in [6, 6.07) is 10.7. The Kier molecular flexibility index (Phi) is 2.99. The van der Waals surface area contributed by atoms with Crippen molar-refractivity contribution < 1.29 is 4.79 Å². The molecule has 1 unspecified atom stereocenters. The average Bonchev–Trinajstić information content (AvgIpc) is 2.81. The largest absolute Gasteiger partial charge is 0.355 e. The second kappa shape index (κ2) is 4.67. The summed E-state index contributed by atoms with van der Waals surface area (Å²) in [6.07, 6.45) is 0.893. The first-order valence-electron chi connectivity index (χ1n) is 6.59. The number of likely N-dealkylation sites (N-methyl/N-ethyl adjacent to an activating group) is 1. The average molecular weight is 254 g/mol. The van der Waals surface area contributed by atoms with E-state index in [-0.39, 0.29) is 0 Å². The van der Waals surface area contributed by atoms with Crippen molar-refractivity contribution in [1.29, 1.82) is 0 Å². The van der Waals surface area contributed by atoms with Gasteiger partial charge in [0.05, 0.1) is 5.69 Å². The molecule has 19 heavy (non-hydrogen) atoms. The number of nitrogens with one attached hydrogen (secondary N) is 1. The molecule has 0 bridgehead atoms. The second-order valence-corrected chi connectivity index (χ2v) is 5.44. The minimum Gasteiger partial charge on any atom is -0.355 e. The SMILES string of the molecule is Cc1ccc(C2CN(C)Cc3[nH]c(C=O)cc32)cc1. The summed E-state index contributed by atoms with van der Waals surface area (Å²) in [5, 5.41) is 0. The third kappa shape index (κ3) is 2.22. The van der Waals surface area contributed by atoms with Crippen molar-refractivity contribution in [3.63, 3.8) is 0 Å². The van der Waals surface area contributed by atoms with Gasteiger partial charge in [-0.2, -0.15) is 0 Å². The summed E-state index contributed by atoms with van der Waals surface area (Å²) in [7, 11) is 2.12. The smallest absolute Gasteiger partial charge is 0.166 e. The highest BCUT2D eigenvalue weighted by Crippen LogP contribution is 2.33. The minimum absolute atomic E-state index is 0.347. The maximum absolute atomic E-state index is 10.9. The van der Waals surface area contributed by atoms with Crippen molar-refractivity contribution >= 4 is 6.29 Å². The van der Waals surface area contributed by atoms with E-state index < -0.39 is 0 Å². The van der Waals surface area contributed by atoms with Gasteiger partial charge >= 0.3 is 0 Å². The molecule has 2 aromatic rings. The number of aryl methyl sites for hydroxylation is 1. The molecule has 0 spiro atoms. The van der Waals surface area contributed by atoms with E-state index in [1.54, 1.807) is 0 Å². The van der Waals surface area contributed by atoms with Gasteiger partial charge in [0, 0.05) is 24.7 Å². The summed E-state index contributed by atoms with van der Waals surface area (Å²) < 4.78 is 0. The molecule has 98 valence electrons. The summed E-state index contributed by atoms with van der Waals surface area (Å²) in [4.78, 5) is 16.5. The number of carbonyl (C=O) groups excluding carboxylic acids is 1. The fraction of sp³-hybridized carbons (Fsp3) is 0.312. The monoisotopic (exact) mass is 254 g/mol. The molecule has 1 atom stereocenters. The molecule has 2 heterocycles. The van der Waals surface area contributed by atoms with Crippen molar-refractivity contribution in [2.24, 2.45) is 0 Å². The molecule has 3 rings (SSSR count). The van der Waals surface area contributed by atoms with Crippen molar-refractivity contribution in [1.82, 2.24) is 9.88 Å². The molecule has 1 aliphatic rings. The second-order valence-electron chi connectivity index (χ2n) is 5.44. The zero-order valence-electron chi connectivity index (χ0n) is 11.3. The number of fused-ring (bicyclic) bond motifs is 1. The van der Waals surface area contributed by atoms with Gasteiger partial charge in [0.1, 0.15) is 0 Å². The highest BCUT2D eigenvalue weighted by Gasteiger charge is 2.26.